The van der Waals surface area contributed by atoms with E-state index in [9.17, 15) is 9.59 Å². The first-order valence-electron chi connectivity index (χ1n) is 8.63. The van der Waals surface area contributed by atoms with E-state index in [1.165, 1.54) is 0 Å². The van der Waals surface area contributed by atoms with Gasteiger partial charge in [-0.3, -0.25) is 4.79 Å². The van der Waals surface area contributed by atoms with Crippen molar-refractivity contribution in [3.63, 3.8) is 0 Å². The molecule has 1 saturated heterocycles. The quantitative estimate of drug-likeness (QED) is 0.507. The zero-order chi connectivity index (χ0) is 16.4. The van der Waals surface area contributed by atoms with Crippen molar-refractivity contribution in [2.45, 2.75) is 59.3 Å². The standard InChI is InChI=1S/C17H31NO4/c1-4-5-12-22-17(20)18-10-8-15(9-11-18)16(19)21-13-6-7-14(2)3/h14-15H,4-13H2,1-3H3. The highest BCUT2D eigenvalue weighted by Gasteiger charge is 2.28. The summed E-state index contributed by atoms with van der Waals surface area (Å²) < 4.78 is 10.5. The molecular weight excluding hydrogens is 282 g/mol. The number of likely N-dealkylation sites (tertiary alicyclic amines) is 1. The van der Waals surface area contributed by atoms with Crippen molar-refractivity contribution in [1.29, 1.82) is 0 Å². The van der Waals surface area contributed by atoms with Crippen LogP contribution in [-0.2, 0) is 14.3 Å². The summed E-state index contributed by atoms with van der Waals surface area (Å²) in [5.74, 6) is 0.460. The zero-order valence-electron chi connectivity index (χ0n) is 14.3. The molecule has 0 aliphatic carbocycles. The molecule has 0 radical (unpaired) electrons. The van der Waals surface area contributed by atoms with Crippen molar-refractivity contribution in [3.8, 4) is 0 Å². The van der Waals surface area contributed by atoms with Crippen LogP contribution in [0, 0.1) is 11.8 Å². The van der Waals surface area contributed by atoms with Gasteiger partial charge in [-0.1, -0.05) is 27.2 Å². The lowest BCUT2D eigenvalue weighted by atomic mass is 9.97. The van der Waals surface area contributed by atoms with Gasteiger partial charge in [-0.05, 0) is 38.0 Å². The molecule has 0 bridgehead atoms. The van der Waals surface area contributed by atoms with E-state index < -0.39 is 0 Å². The Bertz CT molecular complexity index is 336. The molecule has 1 amide bonds. The predicted octanol–water partition coefficient (Wildman–Crippen LogP) is 3.61. The zero-order valence-corrected chi connectivity index (χ0v) is 14.3. The molecule has 0 aromatic carbocycles. The molecular formula is C17H31NO4. The first-order chi connectivity index (χ1) is 10.5. The maximum atomic E-state index is 12.0. The Morgan fingerprint density at radius 2 is 1.73 bits per heavy atom. The maximum Gasteiger partial charge on any atom is 0.409 e. The summed E-state index contributed by atoms with van der Waals surface area (Å²) in [5.41, 5.74) is 0. The molecule has 0 atom stereocenters. The third-order valence-electron chi connectivity index (χ3n) is 3.98. The van der Waals surface area contributed by atoms with Crippen LogP contribution in [0.15, 0.2) is 0 Å². The van der Waals surface area contributed by atoms with Gasteiger partial charge in [0.2, 0.25) is 0 Å². The van der Waals surface area contributed by atoms with Gasteiger partial charge >= 0.3 is 12.1 Å². The van der Waals surface area contributed by atoms with Crippen LogP contribution in [0.4, 0.5) is 4.79 Å². The van der Waals surface area contributed by atoms with E-state index in [-0.39, 0.29) is 18.0 Å². The summed E-state index contributed by atoms with van der Waals surface area (Å²) in [6.07, 6.45) is 5.00. The molecule has 0 saturated carbocycles. The SMILES string of the molecule is CCCCOC(=O)N1CCC(C(=O)OCCCC(C)C)CC1. The minimum atomic E-state index is -0.253. The highest BCUT2D eigenvalue weighted by Crippen LogP contribution is 2.19. The van der Waals surface area contributed by atoms with Gasteiger partial charge in [-0.15, -0.1) is 0 Å². The van der Waals surface area contributed by atoms with Gasteiger partial charge < -0.3 is 14.4 Å². The molecule has 0 aromatic heterocycles. The molecule has 1 aliphatic heterocycles. The number of amides is 1. The second kappa shape index (κ2) is 10.5. The summed E-state index contributed by atoms with van der Waals surface area (Å²) in [6, 6.07) is 0. The fraction of sp³-hybridized carbons (Fsp3) is 0.882. The smallest absolute Gasteiger partial charge is 0.409 e. The van der Waals surface area contributed by atoms with Crippen LogP contribution in [0.1, 0.15) is 59.3 Å². The predicted molar refractivity (Wildman–Crippen MR) is 85.6 cm³/mol. The van der Waals surface area contributed by atoms with E-state index in [1.54, 1.807) is 4.90 Å². The van der Waals surface area contributed by atoms with Crippen molar-refractivity contribution in [1.82, 2.24) is 4.90 Å². The minimum absolute atomic E-state index is 0.0706. The van der Waals surface area contributed by atoms with E-state index in [4.69, 9.17) is 9.47 Å². The molecule has 1 rings (SSSR count). The molecule has 0 spiro atoms. The Morgan fingerprint density at radius 3 is 2.32 bits per heavy atom. The van der Waals surface area contributed by atoms with E-state index in [2.05, 4.69) is 20.8 Å². The average molecular weight is 313 g/mol. The van der Waals surface area contributed by atoms with E-state index >= 15 is 0 Å². The monoisotopic (exact) mass is 313 g/mol. The number of unbranched alkanes of at least 4 members (excludes halogenated alkanes) is 1. The van der Waals surface area contributed by atoms with Gasteiger partial charge in [0, 0.05) is 13.1 Å². The largest absolute Gasteiger partial charge is 0.465 e. The molecule has 1 aliphatic rings. The molecule has 5 heteroatoms. The van der Waals surface area contributed by atoms with Crippen molar-refractivity contribution < 1.29 is 19.1 Å². The molecule has 0 unspecified atom stereocenters. The normalized spacial score (nSPS) is 15.9. The van der Waals surface area contributed by atoms with Crippen LogP contribution in [0.2, 0.25) is 0 Å². The number of rotatable bonds is 8. The summed E-state index contributed by atoms with van der Waals surface area (Å²) in [5, 5.41) is 0. The summed E-state index contributed by atoms with van der Waals surface area (Å²) in [7, 11) is 0. The van der Waals surface area contributed by atoms with Crippen molar-refractivity contribution in [2.24, 2.45) is 11.8 Å². The van der Waals surface area contributed by atoms with Crippen molar-refractivity contribution in [3.05, 3.63) is 0 Å². The lowest BCUT2D eigenvalue weighted by molar-refractivity contribution is -0.150. The third-order valence-corrected chi connectivity index (χ3v) is 3.98. The Labute approximate surface area is 134 Å². The Kier molecular flexibility index (Phi) is 8.94. The second-order valence-electron chi connectivity index (χ2n) is 6.43. The van der Waals surface area contributed by atoms with Gasteiger partial charge in [-0.25, -0.2) is 4.79 Å². The second-order valence-corrected chi connectivity index (χ2v) is 6.43. The number of carbonyl (C=O) groups is 2. The average Bonchev–Trinajstić information content (AvgIpc) is 2.51. The molecule has 0 N–H and O–H groups in total. The van der Waals surface area contributed by atoms with Crippen LogP contribution in [0.25, 0.3) is 0 Å². The Hall–Kier alpha value is -1.26. The van der Waals surface area contributed by atoms with Gasteiger partial charge in [0.05, 0.1) is 19.1 Å². The lowest BCUT2D eigenvalue weighted by Gasteiger charge is -2.30. The molecule has 5 nitrogen and oxygen atoms in total. The molecule has 1 heterocycles. The van der Waals surface area contributed by atoms with Gasteiger partial charge in [0.1, 0.15) is 0 Å². The molecule has 1 fully saturated rings. The minimum Gasteiger partial charge on any atom is -0.465 e. The highest BCUT2D eigenvalue weighted by atomic mass is 16.6. The number of piperidine rings is 1. The number of hydrogen-bond acceptors (Lipinski definition) is 4. The van der Waals surface area contributed by atoms with Crippen molar-refractivity contribution >= 4 is 12.1 Å². The summed E-state index contributed by atoms with van der Waals surface area (Å²) in [4.78, 5) is 25.5. The highest BCUT2D eigenvalue weighted by molar-refractivity contribution is 5.73. The Morgan fingerprint density at radius 1 is 1.09 bits per heavy atom. The van der Waals surface area contributed by atoms with Crippen LogP contribution < -0.4 is 0 Å². The van der Waals surface area contributed by atoms with Crippen LogP contribution in [-0.4, -0.2) is 43.3 Å². The third kappa shape index (κ3) is 7.14. The molecule has 22 heavy (non-hydrogen) atoms. The molecule has 128 valence electrons. The maximum absolute atomic E-state index is 12.0. The first kappa shape index (κ1) is 18.8. The van der Waals surface area contributed by atoms with Crippen LogP contribution in [0.5, 0.6) is 0 Å². The fourth-order valence-electron chi connectivity index (χ4n) is 2.48. The number of ether oxygens (including phenoxy) is 2. The number of hydrogen-bond donors (Lipinski definition) is 0. The van der Waals surface area contributed by atoms with Gasteiger partial charge in [-0.2, -0.15) is 0 Å². The van der Waals surface area contributed by atoms with E-state index in [0.717, 1.165) is 25.7 Å². The summed E-state index contributed by atoms with van der Waals surface area (Å²) in [6.45, 7) is 8.54. The van der Waals surface area contributed by atoms with Gasteiger partial charge in [0.25, 0.3) is 0 Å². The Balaban J connectivity index is 2.18. The number of esters is 1. The fourth-order valence-corrected chi connectivity index (χ4v) is 2.48. The topological polar surface area (TPSA) is 55.8 Å². The van der Waals surface area contributed by atoms with E-state index in [0.29, 0.717) is 45.1 Å². The van der Waals surface area contributed by atoms with Gasteiger partial charge in [0.15, 0.2) is 0 Å². The number of nitrogens with zero attached hydrogens (tertiary/aromatic N) is 1. The lowest BCUT2D eigenvalue weighted by Crippen LogP contribution is -2.41. The number of carbonyl (C=O) groups excluding carboxylic acids is 2. The van der Waals surface area contributed by atoms with E-state index in [1.807, 2.05) is 0 Å². The van der Waals surface area contributed by atoms with Crippen LogP contribution >= 0.6 is 0 Å². The summed E-state index contributed by atoms with van der Waals surface area (Å²) >= 11 is 0. The molecule has 0 aromatic rings. The van der Waals surface area contributed by atoms with Crippen molar-refractivity contribution in [2.75, 3.05) is 26.3 Å². The first-order valence-corrected chi connectivity index (χ1v) is 8.63. The van der Waals surface area contributed by atoms with Crippen LogP contribution in [0.3, 0.4) is 0 Å².